The fourth-order valence-corrected chi connectivity index (χ4v) is 3.94. The number of hydrogen-bond donors (Lipinski definition) is 1. The summed E-state index contributed by atoms with van der Waals surface area (Å²) >= 11 is 0. The van der Waals surface area contributed by atoms with Gasteiger partial charge in [0.15, 0.2) is 0 Å². The number of methoxy groups -OCH3 is 1. The summed E-state index contributed by atoms with van der Waals surface area (Å²) in [6.45, 7) is 2.52. The highest BCUT2D eigenvalue weighted by Gasteiger charge is 2.35. The number of fused-ring (bicyclic) bond motifs is 1. The van der Waals surface area contributed by atoms with Crippen molar-refractivity contribution in [2.24, 2.45) is 0 Å². The van der Waals surface area contributed by atoms with Gasteiger partial charge in [-0.15, -0.1) is 0 Å². The van der Waals surface area contributed by atoms with Crippen molar-refractivity contribution in [3.63, 3.8) is 0 Å². The van der Waals surface area contributed by atoms with Crippen LogP contribution in [0.1, 0.15) is 18.9 Å². The van der Waals surface area contributed by atoms with Gasteiger partial charge in [0, 0.05) is 30.4 Å². The summed E-state index contributed by atoms with van der Waals surface area (Å²) < 4.78 is 5.16. The minimum absolute atomic E-state index is 0.0142. The molecule has 2 heterocycles. The third-order valence-corrected chi connectivity index (χ3v) is 5.26. The number of nitrogens with one attached hydrogen (secondary N) is 1. The maximum absolute atomic E-state index is 12.9. The van der Waals surface area contributed by atoms with Crippen molar-refractivity contribution < 1.29 is 14.3 Å². The molecular formula is C21H23N3O3. The molecule has 0 spiro atoms. The summed E-state index contributed by atoms with van der Waals surface area (Å²) in [5, 5.41) is 3.04. The van der Waals surface area contributed by atoms with Crippen molar-refractivity contribution >= 4 is 23.3 Å². The van der Waals surface area contributed by atoms with Crippen molar-refractivity contribution in [3.05, 3.63) is 54.1 Å². The second-order valence-corrected chi connectivity index (χ2v) is 7.10. The number of urea groups is 1. The van der Waals surface area contributed by atoms with Gasteiger partial charge < -0.3 is 15.0 Å². The Morgan fingerprint density at radius 2 is 1.85 bits per heavy atom. The van der Waals surface area contributed by atoms with Gasteiger partial charge in [0.25, 0.3) is 0 Å². The van der Waals surface area contributed by atoms with Crippen LogP contribution in [-0.2, 0) is 11.2 Å². The van der Waals surface area contributed by atoms with E-state index in [4.69, 9.17) is 4.74 Å². The number of para-hydroxylation sites is 1. The van der Waals surface area contributed by atoms with Gasteiger partial charge in [-0.25, -0.2) is 4.79 Å². The predicted molar refractivity (Wildman–Crippen MR) is 104 cm³/mol. The molecule has 1 fully saturated rings. The standard InChI is InChI=1S/C21H23N3O3/c1-14-11-15-5-3-4-6-19(15)24(14)21(26)22-16-12-20(25)23(13-16)17-7-9-18(27-2)10-8-17/h3-10,14,16H,11-13H2,1-2H3,(H,22,26)/t14-,16+/m1/s1. The molecule has 0 unspecified atom stereocenters. The Hall–Kier alpha value is -3.02. The lowest BCUT2D eigenvalue weighted by Crippen LogP contribution is -2.48. The van der Waals surface area contributed by atoms with Crippen molar-refractivity contribution in [3.8, 4) is 5.75 Å². The average Bonchev–Trinajstić information content (AvgIpc) is 3.20. The van der Waals surface area contributed by atoms with E-state index in [2.05, 4.69) is 11.4 Å². The van der Waals surface area contributed by atoms with Crippen LogP contribution in [0.5, 0.6) is 5.75 Å². The molecule has 2 atom stereocenters. The second-order valence-electron chi connectivity index (χ2n) is 7.10. The van der Waals surface area contributed by atoms with E-state index in [0.29, 0.717) is 13.0 Å². The molecule has 2 aliphatic heterocycles. The molecule has 27 heavy (non-hydrogen) atoms. The Morgan fingerprint density at radius 3 is 2.59 bits per heavy atom. The zero-order chi connectivity index (χ0) is 19.0. The van der Waals surface area contributed by atoms with Crippen LogP contribution in [0.3, 0.4) is 0 Å². The largest absolute Gasteiger partial charge is 0.497 e. The van der Waals surface area contributed by atoms with E-state index in [-0.39, 0.29) is 24.0 Å². The summed E-state index contributed by atoms with van der Waals surface area (Å²) in [5.41, 5.74) is 2.96. The lowest BCUT2D eigenvalue weighted by atomic mass is 10.1. The molecule has 2 aromatic carbocycles. The molecular weight excluding hydrogens is 342 g/mol. The quantitative estimate of drug-likeness (QED) is 0.910. The number of anilines is 2. The molecule has 3 amide bonds. The van der Waals surface area contributed by atoms with Gasteiger partial charge in [0.05, 0.1) is 13.2 Å². The number of ether oxygens (including phenoxy) is 1. The SMILES string of the molecule is COc1ccc(N2C[C@@H](NC(=O)N3c4ccccc4C[C@H]3C)CC2=O)cc1. The van der Waals surface area contributed by atoms with Gasteiger partial charge >= 0.3 is 6.03 Å². The Morgan fingerprint density at radius 1 is 1.11 bits per heavy atom. The lowest BCUT2D eigenvalue weighted by Gasteiger charge is -2.25. The number of amides is 3. The van der Waals surface area contributed by atoms with E-state index in [1.54, 1.807) is 16.9 Å². The van der Waals surface area contributed by atoms with Crippen molar-refractivity contribution in [1.29, 1.82) is 0 Å². The van der Waals surface area contributed by atoms with Crippen LogP contribution >= 0.6 is 0 Å². The number of carbonyl (C=O) groups excluding carboxylic acids is 2. The van der Waals surface area contributed by atoms with Crippen molar-refractivity contribution in [2.75, 3.05) is 23.5 Å². The number of hydrogen-bond acceptors (Lipinski definition) is 3. The topological polar surface area (TPSA) is 61.9 Å². The first-order valence-electron chi connectivity index (χ1n) is 9.19. The Kier molecular flexibility index (Phi) is 4.48. The minimum Gasteiger partial charge on any atom is -0.497 e. The van der Waals surface area contributed by atoms with Gasteiger partial charge in [-0.3, -0.25) is 9.69 Å². The fourth-order valence-electron chi connectivity index (χ4n) is 3.94. The zero-order valence-corrected chi connectivity index (χ0v) is 15.5. The molecule has 140 valence electrons. The fraction of sp³-hybridized carbons (Fsp3) is 0.333. The molecule has 6 nitrogen and oxygen atoms in total. The van der Waals surface area contributed by atoms with Gasteiger partial charge in [-0.05, 0) is 49.2 Å². The number of benzene rings is 2. The third kappa shape index (κ3) is 3.23. The lowest BCUT2D eigenvalue weighted by molar-refractivity contribution is -0.117. The van der Waals surface area contributed by atoms with E-state index < -0.39 is 0 Å². The van der Waals surface area contributed by atoms with Crippen LogP contribution in [0, 0.1) is 0 Å². The van der Waals surface area contributed by atoms with Crippen LogP contribution in [0.25, 0.3) is 0 Å². The maximum Gasteiger partial charge on any atom is 0.322 e. The number of carbonyl (C=O) groups is 2. The average molecular weight is 365 g/mol. The van der Waals surface area contributed by atoms with Gasteiger partial charge in [-0.2, -0.15) is 0 Å². The molecule has 0 radical (unpaired) electrons. The molecule has 0 aliphatic carbocycles. The van der Waals surface area contributed by atoms with Gasteiger partial charge in [0.2, 0.25) is 5.91 Å². The third-order valence-electron chi connectivity index (χ3n) is 5.26. The molecule has 0 saturated carbocycles. The van der Waals surface area contributed by atoms with E-state index in [9.17, 15) is 9.59 Å². The van der Waals surface area contributed by atoms with E-state index in [1.807, 2.05) is 49.4 Å². The number of rotatable bonds is 3. The molecule has 0 aromatic heterocycles. The van der Waals surface area contributed by atoms with Crippen molar-refractivity contribution in [2.45, 2.75) is 31.8 Å². The van der Waals surface area contributed by atoms with Crippen LogP contribution < -0.4 is 19.9 Å². The molecule has 4 rings (SSSR count). The highest BCUT2D eigenvalue weighted by molar-refractivity contribution is 5.99. The Bertz CT molecular complexity index is 865. The predicted octanol–water partition coefficient (Wildman–Crippen LogP) is 2.96. The zero-order valence-electron chi connectivity index (χ0n) is 15.5. The van der Waals surface area contributed by atoms with Crippen LogP contribution in [0.2, 0.25) is 0 Å². The first-order chi connectivity index (χ1) is 13.1. The monoisotopic (exact) mass is 365 g/mol. The Balaban J connectivity index is 1.44. The molecule has 1 N–H and O–H groups in total. The number of nitrogens with zero attached hydrogens (tertiary/aromatic N) is 2. The molecule has 1 saturated heterocycles. The maximum atomic E-state index is 12.9. The summed E-state index contributed by atoms with van der Waals surface area (Å²) in [5.74, 6) is 0.761. The molecule has 6 heteroatoms. The Labute approximate surface area is 158 Å². The van der Waals surface area contributed by atoms with Crippen molar-refractivity contribution in [1.82, 2.24) is 5.32 Å². The van der Waals surface area contributed by atoms with Gasteiger partial charge in [-0.1, -0.05) is 18.2 Å². The van der Waals surface area contributed by atoms with E-state index >= 15 is 0 Å². The van der Waals surface area contributed by atoms with Crippen LogP contribution in [0.4, 0.5) is 16.2 Å². The molecule has 0 bridgehead atoms. The first kappa shape index (κ1) is 17.4. The smallest absolute Gasteiger partial charge is 0.322 e. The summed E-state index contributed by atoms with van der Waals surface area (Å²) in [4.78, 5) is 28.8. The summed E-state index contributed by atoms with van der Waals surface area (Å²) in [6, 6.07) is 15.1. The molecule has 2 aromatic rings. The first-order valence-corrected chi connectivity index (χ1v) is 9.19. The normalized spacial score (nSPS) is 21.3. The molecule has 2 aliphatic rings. The summed E-state index contributed by atoms with van der Waals surface area (Å²) in [6.07, 6.45) is 1.16. The van der Waals surface area contributed by atoms with Crippen LogP contribution in [0.15, 0.2) is 48.5 Å². The highest BCUT2D eigenvalue weighted by atomic mass is 16.5. The van der Waals surface area contributed by atoms with Gasteiger partial charge in [0.1, 0.15) is 5.75 Å². The van der Waals surface area contributed by atoms with Crippen LogP contribution in [-0.4, -0.2) is 37.7 Å². The highest BCUT2D eigenvalue weighted by Crippen LogP contribution is 2.32. The van der Waals surface area contributed by atoms with E-state index in [1.165, 1.54) is 5.56 Å². The second kappa shape index (κ2) is 6.95. The minimum atomic E-state index is -0.202. The summed E-state index contributed by atoms with van der Waals surface area (Å²) in [7, 11) is 1.61. The van der Waals surface area contributed by atoms with E-state index in [0.717, 1.165) is 23.5 Å².